The summed E-state index contributed by atoms with van der Waals surface area (Å²) in [6, 6.07) is 6.79. The molecular weight excluding hydrogens is 307 g/mol. The molecule has 3 fully saturated rings. The molecule has 2 heterocycles. The van der Waals surface area contributed by atoms with Crippen LogP contribution in [-0.2, 0) is 10.2 Å². The van der Waals surface area contributed by atoms with E-state index in [9.17, 15) is 9.18 Å². The summed E-state index contributed by atoms with van der Waals surface area (Å²) in [6.45, 7) is 3.87. The van der Waals surface area contributed by atoms with Gasteiger partial charge in [-0.05, 0) is 43.4 Å². The van der Waals surface area contributed by atoms with E-state index in [4.69, 9.17) is 4.74 Å². The van der Waals surface area contributed by atoms with E-state index in [1.54, 1.807) is 0 Å². The predicted molar refractivity (Wildman–Crippen MR) is 89.4 cm³/mol. The Labute approximate surface area is 142 Å². The van der Waals surface area contributed by atoms with E-state index >= 15 is 0 Å². The van der Waals surface area contributed by atoms with E-state index < -0.39 is 0 Å². The maximum atomic E-state index is 13.2. The standard InChI is InChI=1S/C19H25FN2O2/c20-16-4-2-15(3-5-16)19(6-1-7-19)12-21-17(23)22-10-8-18(13-22)9-11-24-14-18/h2-5H,1,6-14H2,(H,21,23). The summed E-state index contributed by atoms with van der Waals surface area (Å²) in [5.41, 5.74) is 1.32. The highest BCUT2D eigenvalue weighted by Crippen LogP contribution is 2.43. The Morgan fingerprint density at radius 3 is 2.62 bits per heavy atom. The van der Waals surface area contributed by atoms with Crippen LogP contribution in [-0.4, -0.2) is 43.8 Å². The maximum Gasteiger partial charge on any atom is 0.317 e. The van der Waals surface area contributed by atoms with Crippen LogP contribution in [0.25, 0.3) is 0 Å². The van der Waals surface area contributed by atoms with Crippen LogP contribution in [0.15, 0.2) is 24.3 Å². The SMILES string of the molecule is O=C(NCC1(c2ccc(F)cc2)CCC1)N1CCC2(CCOC2)C1. The minimum absolute atomic E-state index is 0.0166. The van der Waals surface area contributed by atoms with Crippen LogP contribution in [0, 0.1) is 11.2 Å². The molecule has 1 saturated carbocycles. The topological polar surface area (TPSA) is 41.6 Å². The Morgan fingerprint density at radius 1 is 1.21 bits per heavy atom. The first-order valence-electron chi connectivity index (χ1n) is 8.98. The first-order valence-corrected chi connectivity index (χ1v) is 8.98. The van der Waals surface area contributed by atoms with Crippen molar-refractivity contribution in [1.29, 1.82) is 0 Å². The number of hydrogen-bond donors (Lipinski definition) is 1. The molecule has 2 saturated heterocycles. The van der Waals surface area contributed by atoms with Gasteiger partial charge in [-0.25, -0.2) is 9.18 Å². The van der Waals surface area contributed by atoms with E-state index in [1.165, 1.54) is 12.1 Å². The second kappa shape index (κ2) is 6.03. The molecule has 1 aliphatic carbocycles. The lowest BCUT2D eigenvalue weighted by Gasteiger charge is -2.43. The molecule has 0 aromatic heterocycles. The lowest BCUT2D eigenvalue weighted by Crippen LogP contribution is -2.49. The monoisotopic (exact) mass is 332 g/mol. The normalized spacial score (nSPS) is 28.1. The number of rotatable bonds is 3. The van der Waals surface area contributed by atoms with E-state index in [-0.39, 0.29) is 22.7 Å². The van der Waals surface area contributed by atoms with Crippen LogP contribution >= 0.6 is 0 Å². The van der Waals surface area contributed by atoms with Crippen LogP contribution in [0.5, 0.6) is 0 Å². The van der Waals surface area contributed by atoms with E-state index in [1.807, 2.05) is 17.0 Å². The van der Waals surface area contributed by atoms with Gasteiger partial charge in [0, 0.05) is 37.1 Å². The lowest BCUT2D eigenvalue weighted by molar-refractivity contribution is 0.151. The molecule has 24 heavy (non-hydrogen) atoms. The van der Waals surface area contributed by atoms with Gasteiger partial charge in [-0.1, -0.05) is 18.6 Å². The van der Waals surface area contributed by atoms with Gasteiger partial charge in [0.15, 0.2) is 0 Å². The molecule has 1 N–H and O–H groups in total. The molecule has 5 heteroatoms. The van der Waals surface area contributed by atoms with Gasteiger partial charge < -0.3 is 15.0 Å². The average molecular weight is 332 g/mol. The minimum Gasteiger partial charge on any atom is -0.381 e. The summed E-state index contributed by atoms with van der Waals surface area (Å²) < 4.78 is 18.7. The van der Waals surface area contributed by atoms with Gasteiger partial charge in [-0.15, -0.1) is 0 Å². The third kappa shape index (κ3) is 2.79. The molecule has 1 atom stereocenters. The molecule has 1 spiro atoms. The van der Waals surface area contributed by atoms with Crippen LogP contribution in [0.4, 0.5) is 9.18 Å². The summed E-state index contributed by atoms with van der Waals surface area (Å²) in [6.07, 6.45) is 5.38. The van der Waals surface area contributed by atoms with Crippen molar-refractivity contribution in [1.82, 2.24) is 10.2 Å². The van der Waals surface area contributed by atoms with Gasteiger partial charge >= 0.3 is 6.03 Å². The summed E-state index contributed by atoms with van der Waals surface area (Å²) in [5, 5.41) is 3.14. The Kier molecular flexibility index (Phi) is 3.99. The van der Waals surface area contributed by atoms with Crippen molar-refractivity contribution < 1.29 is 13.9 Å². The highest BCUT2D eigenvalue weighted by molar-refractivity contribution is 5.74. The Morgan fingerprint density at radius 2 is 2.00 bits per heavy atom. The summed E-state index contributed by atoms with van der Waals surface area (Å²) >= 11 is 0. The van der Waals surface area contributed by atoms with Crippen LogP contribution in [0.1, 0.15) is 37.7 Å². The molecule has 3 aliphatic rings. The Balaban J connectivity index is 1.37. The van der Waals surface area contributed by atoms with E-state index in [2.05, 4.69) is 5.32 Å². The van der Waals surface area contributed by atoms with E-state index in [0.29, 0.717) is 6.54 Å². The number of benzene rings is 1. The van der Waals surface area contributed by atoms with Gasteiger partial charge in [-0.3, -0.25) is 0 Å². The van der Waals surface area contributed by atoms with Gasteiger partial charge in [0.1, 0.15) is 5.82 Å². The smallest absolute Gasteiger partial charge is 0.317 e. The summed E-state index contributed by atoms with van der Waals surface area (Å²) in [7, 11) is 0. The molecule has 130 valence electrons. The molecule has 2 amide bonds. The number of nitrogens with one attached hydrogen (secondary N) is 1. The van der Waals surface area contributed by atoms with Gasteiger partial charge in [0.25, 0.3) is 0 Å². The third-order valence-corrected chi connectivity index (χ3v) is 6.26. The predicted octanol–water partition coefficient (Wildman–Crippen LogP) is 3.07. The van der Waals surface area contributed by atoms with Crippen molar-refractivity contribution in [3.8, 4) is 0 Å². The van der Waals surface area contributed by atoms with Crippen molar-refractivity contribution in [2.45, 2.75) is 37.5 Å². The molecule has 1 unspecified atom stereocenters. The Hall–Kier alpha value is -1.62. The van der Waals surface area contributed by atoms with Crippen molar-refractivity contribution in [3.63, 3.8) is 0 Å². The highest BCUT2D eigenvalue weighted by Gasteiger charge is 2.44. The summed E-state index contributed by atoms with van der Waals surface area (Å²) in [4.78, 5) is 14.5. The van der Waals surface area contributed by atoms with Gasteiger partial charge in [0.05, 0.1) is 6.61 Å². The van der Waals surface area contributed by atoms with Crippen molar-refractivity contribution >= 4 is 6.03 Å². The second-order valence-electron chi connectivity index (χ2n) is 7.77. The number of likely N-dealkylation sites (tertiary alicyclic amines) is 1. The zero-order valence-corrected chi connectivity index (χ0v) is 14.0. The fraction of sp³-hybridized carbons (Fsp3) is 0.632. The summed E-state index contributed by atoms with van der Waals surface area (Å²) in [5.74, 6) is -0.210. The number of ether oxygens (including phenoxy) is 1. The number of nitrogens with zero attached hydrogens (tertiary/aromatic N) is 1. The fourth-order valence-electron chi connectivity index (χ4n) is 4.41. The number of hydrogen-bond acceptors (Lipinski definition) is 2. The molecule has 1 aromatic carbocycles. The molecule has 0 radical (unpaired) electrons. The molecular formula is C19H25FN2O2. The second-order valence-corrected chi connectivity index (χ2v) is 7.77. The molecule has 4 rings (SSSR count). The molecule has 2 aliphatic heterocycles. The lowest BCUT2D eigenvalue weighted by atomic mass is 9.64. The highest BCUT2D eigenvalue weighted by atomic mass is 19.1. The number of urea groups is 1. The third-order valence-electron chi connectivity index (χ3n) is 6.26. The zero-order chi connectivity index (χ0) is 16.6. The van der Waals surface area contributed by atoms with Crippen molar-refractivity contribution in [2.24, 2.45) is 5.41 Å². The van der Waals surface area contributed by atoms with Crippen molar-refractivity contribution in [2.75, 3.05) is 32.8 Å². The average Bonchev–Trinajstić information content (AvgIpc) is 3.18. The van der Waals surface area contributed by atoms with Crippen LogP contribution in [0.2, 0.25) is 0 Å². The van der Waals surface area contributed by atoms with E-state index in [0.717, 1.165) is 64.0 Å². The molecule has 4 nitrogen and oxygen atoms in total. The van der Waals surface area contributed by atoms with Gasteiger partial charge in [0.2, 0.25) is 0 Å². The quantitative estimate of drug-likeness (QED) is 0.924. The largest absolute Gasteiger partial charge is 0.381 e. The molecule has 0 bridgehead atoms. The number of carbonyl (C=O) groups excluding carboxylic acids is 1. The van der Waals surface area contributed by atoms with Crippen molar-refractivity contribution in [3.05, 3.63) is 35.6 Å². The number of carbonyl (C=O) groups is 1. The van der Waals surface area contributed by atoms with Crippen LogP contribution in [0.3, 0.4) is 0 Å². The Bertz CT molecular complexity index is 606. The zero-order valence-electron chi connectivity index (χ0n) is 14.0. The molecule has 1 aromatic rings. The number of amides is 2. The first kappa shape index (κ1) is 15.9. The minimum atomic E-state index is -0.210. The fourth-order valence-corrected chi connectivity index (χ4v) is 4.41. The maximum absolute atomic E-state index is 13.2. The van der Waals surface area contributed by atoms with Gasteiger partial charge in [-0.2, -0.15) is 0 Å². The first-order chi connectivity index (χ1) is 11.6. The number of halogens is 1. The van der Waals surface area contributed by atoms with Crippen LogP contribution < -0.4 is 5.32 Å².